The number of benzene rings is 1. The third-order valence-electron chi connectivity index (χ3n) is 5.08. The van der Waals surface area contributed by atoms with Crippen molar-refractivity contribution in [1.29, 1.82) is 0 Å². The first-order chi connectivity index (χ1) is 11.7. The Morgan fingerprint density at radius 1 is 1.25 bits per heavy atom. The van der Waals surface area contributed by atoms with Gasteiger partial charge < -0.3 is 4.90 Å². The van der Waals surface area contributed by atoms with E-state index in [-0.39, 0.29) is 5.91 Å². The number of aryl methyl sites for hydroxylation is 1. The van der Waals surface area contributed by atoms with E-state index < -0.39 is 0 Å². The van der Waals surface area contributed by atoms with E-state index in [9.17, 15) is 4.79 Å². The van der Waals surface area contributed by atoms with Crippen molar-refractivity contribution in [2.75, 3.05) is 11.4 Å². The van der Waals surface area contributed by atoms with Crippen molar-refractivity contribution in [1.82, 2.24) is 14.8 Å². The number of fused-ring (bicyclic) bond motifs is 2. The van der Waals surface area contributed by atoms with Crippen molar-refractivity contribution in [3.05, 3.63) is 53.3 Å². The Balaban J connectivity index is 1.65. The largest absolute Gasteiger partial charge is 0.308 e. The van der Waals surface area contributed by atoms with Crippen LogP contribution in [0.1, 0.15) is 40.4 Å². The molecular formula is C19H18N4O. The maximum absolute atomic E-state index is 13.3. The summed E-state index contributed by atoms with van der Waals surface area (Å²) in [7, 11) is 1.88. The van der Waals surface area contributed by atoms with Crippen molar-refractivity contribution in [3.8, 4) is 0 Å². The Kier molecular flexibility index (Phi) is 2.80. The molecule has 1 fully saturated rings. The quantitative estimate of drug-likeness (QED) is 0.730. The van der Waals surface area contributed by atoms with Crippen molar-refractivity contribution in [3.63, 3.8) is 0 Å². The molecule has 5 nitrogen and oxygen atoms in total. The maximum atomic E-state index is 13.3. The molecule has 3 aromatic rings. The van der Waals surface area contributed by atoms with Crippen molar-refractivity contribution in [2.45, 2.75) is 25.2 Å². The summed E-state index contributed by atoms with van der Waals surface area (Å²) in [5, 5.41) is 5.16. The second kappa shape index (κ2) is 4.90. The summed E-state index contributed by atoms with van der Waals surface area (Å²) in [6.07, 6.45) is 5.00. The summed E-state index contributed by atoms with van der Waals surface area (Å²) in [5.74, 6) is 0.559. The first-order valence-corrected chi connectivity index (χ1v) is 8.45. The van der Waals surface area contributed by atoms with Gasteiger partial charge >= 0.3 is 0 Å². The van der Waals surface area contributed by atoms with Crippen LogP contribution in [0.25, 0.3) is 11.0 Å². The minimum atomic E-state index is 0.0576. The third kappa shape index (κ3) is 1.97. The smallest absolute Gasteiger partial charge is 0.259 e. The standard InChI is InChI=1S/C19H18N4O/c1-22-18-15(11-20-22)14(10-16(21-18)12-6-7-12)19(24)23-9-8-13-4-2-3-5-17(13)23/h2-5,10-12H,6-9H2,1H3. The molecule has 0 bridgehead atoms. The van der Waals surface area contributed by atoms with E-state index in [0.717, 1.165) is 53.8 Å². The highest BCUT2D eigenvalue weighted by Crippen LogP contribution is 2.40. The third-order valence-corrected chi connectivity index (χ3v) is 5.08. The topological polar surface area (TPSA) is 51.0 Å². The van der Waals surface area contributed by atoms with Crippen LogP contribution in [0.15, 0.2) is 36.5 Å². The number of pyridine rings is 1. The molecule has 5 rings (SSSR count). The summed E-state index contributed by atoms with van der Waals surface area (Å²) in [6.45, 7) is 0.737. The van der Waals surface area contributed by atoms with Crippen LogP contribution in [0.4, 0.5) is 5.69 Å². The van der Waals surface area contributed by atoms with E-state index in [2.05, 4.69) is 11.2 Å². The van der Waals surface area contributed by atoms with Gasteiger partial charge in [0.25, 0.3) is 5.91 Å². The van der Waals surface area contributed by atoms with Crippen LogP contribution in [0, 0.1) is 0 Å². The molecule has 0 saturated heterocycles. The fraction of sp³-hybridized carbons (Fsp3) is 0.316. The monoisotopic (exact) mass is 318 g/mol. The zero-order chi connectivity index (χ0) is 16.3. The lowest BCUT2D eigenvalue weighted by Gasteiger charge is -2.18. The van der Waals surface area contributed by atoms with Gasteiger partial charge in [-0.1, -0.05) is 18.2 Å². The molecule has 0 radical (unpaired) electrons. The highest BCUT2D eigenvalue weighted by Gasteiger charge is 2.31. The molecule has 0 N–H and O–H groups in total. The molecule has 3 heterocycles. The highest BCUT2D eigenvalue weighted by molar-refractivity contribution is 6.14. The number of hydrogen-bond donors (Lipinski definition) is 0. The average Bonchev–Trinajstić information content (AvgIpc) is 3.27. The van der Waals surface area contributed by atoms with Gasteiger partial charge in [-0.05, 0) is 37.0 Å². The molecule has 0 spiro atoms. The lowest BCUT2D eigenvalue weighted by Crippen LogP contribution is -2.29. The molecule has 0 unspecified atom stereocenters. The number of nitrogens with zero attached hydrogens (tertiary/aromatic N) is 4. The van der Waals surface area contributed by atoms with Crippen LogP contribution in [-0.2, 0) is 13.5 Å². The summed E-state index contributed by atoms with van der Waals surface area (Å²) in [5.41, 5.74) is 4.83. The Labute approximate surface area is 139 Å². The van der Waals surface area contributed by atoms with E-state index in [0.29, 0.717) is 5.92 Å². The number of carbonyl (C=O) groups is 1. The predicted octanol–water partition coefficient (Wildman–Crippen LogP) is 3.05. The number of amides is 1. The van der Waals surface area contributed by atoms with Gasteiger partial charge in [-0.2, -0.15) is 5.10 Å². The van der Waals surface area contributed by atoms with Gasteiger partial charge in [0.15, 0.2) is 5.65 Å². The van der Waals surface area contributed by atoms with Crippen molar-refractivity contribution >= 4 is 22.6 Å². The Morgan fingerprint density at radius 3 is 2.92 bits per heavy atom. The molecular weight excluding hydrogens is 300 g/mol. The summed E-state index contributed by atoms with van der Waals surface area (Å²) in [6, 6.07) is 10.1. The predicted molar refractivity (Wildman–Crippen MR) is 92.3 cm³/mol. The first kappa shape index (κ1) is 13.7. The van der Waals surface area contributed by atoms with Crippen molar-refractivity contribution < 1.29 is 4.79 Å². The number of aromatic nitrogens is 3. The molecule has 2 aromatic heterocycles. The Bertz CT molecular complexity index is 971. The second-order valence-corrected chi connectivity index (χ2v) is 6.71. The summed E-state index contributed by atoms with van der Waals surface area (Å²) in [4.78, 5) is 19.9. The van der Waals surface area contributed by atoms with Gasteiger partial charge in [-0.3, -0.25) is 9.48 Å². The van der Waals surface area contributed by atoms with Crippen LogP contribution in [-0.4, -0.2) is 27.2 Å². The van der Waals surface area contributed by atoms with Gasteiger partial charge in [0.1, 0.15) is 0 Å². The van der Waals surface area contributed by atoms with Gasteiger partial charge in [0.05, 0.1) is 17.1 Å². The van der Waals surface area contributed by atoms with Crippen molar-refractivity contribution in [2.24, 2.45) is 7.05 Å². The fourth-order valence-corrected chi connectivity index (χ4v) is 3.59. The SMILES string of the molecule is Cn1ncc2c(C(=O)N3CCc4ccccc43)cc(C3CC3)nc21. The van der Waals surface area contributed by atoms with Crippen LogP contribution in [0.5, 0.6) is 0 Å². The summed E-state index contributed by atoms with van der Waals surface area (Å²) >= 11 is 0. The number of rotatable bonds is 2. The summed E-state index contributed by atoms with van der Waals surface area (Å²) < 4.78 is 1.76. The molecule has 1 aliphatic carbocycles. The number of hydrogen-bond acceptors (Lipinski definition) is 3. The lowest BCUT2D eigenvalue weighted by atomic mass is 10.1. The van der Waals surface area contributed by atoms with Crippen LogP contribution < -0.4 is 4.90 Å². The van der Waals surface area contributed by atoms with Crippen LogP contribution in [0.3, 0.4) is 0 Å². The Morgan fingerprint density at radius 2 is 2.08 bits per heavy atom. The molecule has 2 aliphatic rings. The Hall–Kier alpha value is -2.69. The minimum Gasteiger partial charge on any atom is -0.308 e. The van der Waals surface area contributed by atoms with E-state index >= 15 is 0 Å². The molecule has 0 atom stereocenters. The van der Waals surface area contributed by atoms with Gasteiger partial charge in [0.2, 0.25) is 0 Å². The normalized spacial score (nSPS) is 16.6. The zero-order valence-corrected chi connectivity index (χ0v) is 13.6. The molecule has 1 saturated carbocycles. The van der Waals surface area contributed by atoms with E-state index in [4.69, 9.17) is 4.98 Å². The van der Waals surface area contributed by atoms with Gasteiger partial charge in [-0.25, -0.2) is 4.98 Å². The van der Waals surface area contributed by atoms with Crippen LogP contribution >= 0.6 is 0 Å². The van der Waals surface area contributed by atoms with E-state index in [1.165, 1.54) is 5.56 Å². The highest BCUT2D eigenvalue weighted by atomic mass is 16.2. The molecule has 24 heavy (non-hydrogen) atoms. The lowest BCUT2D eigenvalue weighted by molar-refractivity contribution is 0.0991. The minimum absolute atomic E-state index is 0.0576. The maximum Gasteiger partial charge on any atom is 0.259 e. The number of carbonyl (C=O) groups excluding carboxylic acids is 1. The van der Waals surface area contributed by atoms with E-state index in [1.807, 2.05) is 36.2 Å². The van der Waals surface area contributed by atoms with Gasteiger partial charge in [-0.15, -0.1) is 0 Å². The molecule has 5 heteroatoms. The molecule has 1 aliphatic heterocycles. The number of para-hydroxylation sites is 1. The zero-order valence-electron chi connectivity index (χ0n) is 13.6. The van der Waals surface area contributed by atoms with Crippen LogP contribution in [0.2, 0.25) is 0 Å². The fourth-order valence-electron chi connectivity index (χ4n) is 3.59. The average molecular weight is 318 g/mol. The molecule has 1 amide bonds. The first-order valence-electron chi connectivity index (χ1n) is 8.45. The molecule has 120 valence electrons. The number of anilines is 1. The molecule has 1 aromatic carbocycles. The van der Waals surface area contributed by atoms with E-state index in [1.54, 1.807) is 10.9 Å². The van der Waals surface area contributed by atoms with Gasteiger partial charge in [0, 0.05) is 30.9 Å². The second-order valence-electron chi connectivity index (χ2n) is 6.71.